The SMILES string of the molecule is CC[C@H](CO)NC(=O)c1c[nH]c(=O)[nH]c1=O. The summed E-state index contributed by atoms with van der Waals surface area (Å²) in [4.78, 5) is 37.6. The summed E-state index contributed by atoms with van der Waals surface area (Å²) in [5, 5.41) is 11.3. The highest BCUT2D eigenvalue weighted by Gasteiger charge is 2.14. The lowest BCUT2D eigenvalue weighted by Crippen LogP contribution is -2.40. The topological polar surface area (TPSA) is 115 Å². The first-order valence-corrected chi connectivity index (χ1v) is 4.82. The van der Waals surface area contributed by atoms with Gasteiger partial charge in [-0.25, -0.2) is 4.79 Å². The van der Waals surface area contributed by atoms with E-state index in [1.54, 1.807) is 6.92 Å². The maximum absolute atomic E-state index is 11.5. The summed E-state index contributed by atoms with van der Waals surface area (Å²) in [6.07, 6.45) is 1.59. The van der Waals surface area contributed by atoms with Crippen LogP contribution in [0.5, 0.6) is 0 Å². The summed E-state index contributed by atoms with van der Waals surface area (Å²) in [6.45, 7) is 1.59. The molecule has 7 nitrogen and oxygen atoms in total. The van der Waals surface area contributed by atoms with Gasteiger partial charge >= 0.3 is 5.69 Å². The molecule has 1 heterocycles. The minimum Gasteiger partial charge on any atom is -0.394 e. The lowest BCUT2D eigenvalue weighted by molar-refractivity contribution is 0.0913. The van der Waals surface area contributed by atoms with Crippen LogP contribution < -0.4 is 16.6 Å². The maximum Gasteiger partial charge on any atom is 0.325 e. The van der Waals surface area contributed by atoms with Gasteiger partial charge in [-0.1, -0.05) is 6.92 Å². The van der Waals surface area contributed by atoms with Crippen LogP contribution in [0.3, 0.4) is 0 Å². The lowest BCUT2D eigenvalue weighted by atomic mass is 10.2. The standard InChI is InChI=1S/C9H13N3O4/c1-2-5(4-13)11-7(14)6-3-10-9(16)12-8(6)15/h3,5,13H,2,4H2,1H3,(H,11,14)(H2,10,12,15,16)/t5-/m1/s1. The second-order valence-corrected chi connectivity index (χ2v) is 3.25. The average molecular weight is 227 g/mol. The molecule has 0 spiro atoms. The summed E-state index contributed by atoms with van der Waals surface area (Å²) in [7, 11) is 0. The zero-order valence-corrected chi connectivity index (χ0v) is 8.74. The van der Waals surface area contributed by atoms with Crippen LogP contribution in [0.2, 0.25) is 0 Å². The summed E-state index contributed by atoms with van der Waals surface area (Å²) in [6, 6.07) is -0.404. The van der Waals surface area contributed by atoms with Crippen LogP contribution in [-0.4, -0.2) is 33.6 Å². The van der Waals surface area contributed by atoms with Gasteiger partial charge in [0.2, 0.25) is 0 Å². The molecule has 0 saturated carbocycles. The first-order chi connectivity index (χ1) is 7.58. The van der Waals surface area contributed by atoms with E-state index in [1.165, 1.54) is 0 Å². The van der Waals surface area contributed by atoms with Crippen LogP contribution in [0.25, 0.3) is 0 Å². The van der Waals surface area contributed by atoms with E-state index in [1.807, 2.05) is 4.98 Å². The van der Waals surface area contributed by atoms with E-state index >= 15 is 0 Å². The average Bonchev–Trinajstić information content (AvgIpc) is 2.25. The first kappa shape index (κ1) is 12.2. The minimum atomic E-state index is -0.756. The molecular formula is C9H13N3O4. The largest absolute Gasteiger partial charge is 0.394 e. The molecule has 0 aliphatic carbocycles. The molecule has 1 aromatic rings. The fourth-order valence-corrected chi connectivity index (χ4v) is 1.12. The highest BCUT2D eigenvalue weighted by molar-refractivity contribution is 5.93. The smallest absolute Gasteiger partial charge is 0.325 e. The molecule has 0 saturated heterocycles. The van der Waals surface area contributed by atoms with Gasteiger partial charge in [0.1, 0.15) is 5.56 Å². The maximum atomic E-state index is 11.5. The molecule has 4 N–H and O–H groups in total. The molecule has 1 atom stereocenters. The number of carbonyl (C=O) groups is 1. The summed E-state index contributed by atoms with van der Waals surface area (Å²) < 4.78 is 0. The number of rotatable bonds is 4. The van der Waals surface area contributed by atoms with E-state index in [2.05, 4.69) is 10.3 Å². The number of aliphatic hydroxyl groups is 1. The van der Waals surface area contributed by atoms with Gasteiger partial charge in [-0.15, -0.1) is 0 Å². The summed E-state index contributed by atoms with van der Waals surface area (Å²) >= 11 is 0. The first-order valence-electron chi connectivity index (χ1n) is 4.82. The Bertz CT molecular complexity index is 472. The van der Waals surface area contributed by atoms with Gasteiger partial charge in [0.15, 0.2) is 0 Å². The van der Waals surface area contributed by atoms with Gasteiger partial charge in [-0.2, -0.15) is 0 Å². The number of H-pyrrole nitrogens is 2. The second-order valence-electron chi connectivity index (χ2n) is 3.25. The Labute approximate surface area is 90.5 Å². The van der Waals surface area contributed by atoms with E-state index in [0.717, 1.165) is 6.20 Å². The number of aromatic nitrogens is 2. The van der Waals surface area contributed by atoms with Crippen molar-refractivity contribution in [1.82, 2.24) is 15.3 Å². The van der Waals surface area contributed by atoms with Crippen LogP contribution in [0.1, 0.15) is 23.7 Å². The quantitative estimate of drug-likeness (QED) is 0.504. The van der Waals surface area contributed by atoms with Crippen molar-refractivity contribution in [2.75, 3.05) is 6.61 Å². The number of aliphatic hydroxyl groups excluding tert-OH is 1. The third kappa shape index (κ3) is 2.80. The molecule has 88 valence electrons. The monoisotopic (exact) mass is 227 g/mol. The Morgan fingerprint density at radius 3 is 2.75 bits per heavy atom. The third-order valence-corrected chi connectivity index (χ3v) is 2.11. The molecule has 0 aliphatic heterocycles. The molecule has 1 aromatic heterocycles. The second kappa shape index (κ2) is 5.26. The number of hydrogen-bond acceptors (Lipinski definition) is 4. The van der Waals surface area contributed by atoms with Crippen molar-refractivity contribution in [3.8, 4) is 0 Å². The predicted octanol–water partition coefficient (Wildman–Crippen LogP) is -1.44. The number of hydrogen-bond donors (Lipinski definition) is 4. The molecule has 0 fully saturated rings. The Balaban J connectivity index is 2.89. The summed E-state index contributed by atoms with van der Waals surface area (Å²) in [5.41, 5.74) is -1.61. The highest BCUT2D eigenvalue weighted by Crippen LogP contribution is 1.92. The Kier molecular flexibility index (Phi) is 4.01. The molecule has 7 heteroatoms. The molecular weight excluding hydrogens is 214 g/mol. The van der Waals surface area contributed by atoms with E-state index in [9.17, 15) is 14.4 Å². The van der Waals surface area contributed by atoms with Crippen molar-refractivity contribution in [1.29, 1.82) is 0 Å². The van der Waals surface area contributed by atoms with Gasteiger partial charge in [0, 0.05) is 6.20 Å². The van der Waals surface area contributed by atoms with Crippen LogP contribution >= 0.6 is 0 Å². The Hall–Kier alpha value is -1.89. The summed E-state index contributed by atoms with van der Waals surface area (Å²) in [5.74, 6) is -0.626. The van der Waals surface area contributed by atoms with Crippen LogP contribution in [0.15, 0.2) is 15.8 Å². The van der Waals surface area contributed by atoms with Gasteiger partial charge < -0.3 is 15.4 Å². The third-order valence-electron chi connectivity index (χ3n) is 2.11. The zero-order chi connectivity index (χ0) is 12.1. The molecule has 16 heavy (non-hydrogen) atoms. The zero-order valence-electron chi connectivity index (χ0n) is 8.74. The van der Waals surface area contributed by atoms with E-state index in [0.29, 0.717) is 6.42 Å². The van der Waals surface area contributed by atoms with Crippen molar-refractivity contribution in [2.24, 2.45) is 0 Å². The van der Waals surface area contributed by atoms with Crippen LogP contribution in [-0.2, 0) is 0 Å². The normalized spacial score (nSPS) is 12.1. The fraction of sp³-hybridized carbons (Fsp3) is 0.444. The lowest BCUT2D eigenvalue weighted by Gasteiger charge is -2.13. The molecule has 0 aliphatic rings. The number of nitrogens with one attached hydrogen (secondary N) is 3. The van der Waals surface area contributed by atoms with Crippen molar-refractivity contribution in [2.45, 2.75) is 19.4 Å². The van der Waals surface area contributed by atoms with E-state index in [-0.39, 0.29) is 12.2 Å². The molecule has 0 radical (unpaired) electrons. The van der Waals surface area contributed by atoms with Crippen molar-refractivity contribution < 1.29 is 9.90 Å². The molecule has 0 bridgehead atoms. The minimum absolute atomic E-state index is 0.188. The predicted molar refractivity (Wildman–Crippen MR) is 56.3 cm³/mol. The Morgan fingerprint density at radius 2 is 2.25 bits per heavy atom. The van der Waals surface area contributed by atoms with Crippen molar-refractivity contribution in [3.05, 3.63) is 32.6 Å². The Morgan fingerprint density at radius 1 is 1.56 bits per heavy atom. The van der Waals surface area contributed by atoms with Gasteiger partial charge in [-0.3, -0.25) is 14.6 Å². The van der Waals surface area contributed by atoms with Crippen LogP contribution in [0, 0.1) is 0 Å². The highest BCUT2D eigenvalue weighted by atomic mass is 16.3. The van der Waals surface area contributed by atoms with Gasteiger partial charge in [0.25, 0.3) is 11.5 Å². The van der Waals surface area contributed by atoms with E-state index < -0.39 is 23.2 Å². The van der Waals surface area contributed by atoms with Crippen molar-refractivity contribution >= 4 is 5.91 Å². The fourth-order valence-electron chi connectivity index (χ4n) is 1.12. The van der Waals surface area contributed by atoms with Crippen LogP contribution in [0.4, 0.5) is 0 Å². The van der Waals surface area contributed by atoms with Gasteiger partial charge in [-0.05, 0) is 6.42 Å². The van der Waals surface area contributed by atoms with Gasteiger partial charge in [0.05, 0.1) is 12.6 Å². The molecule has 1 amide bonds. The molecule has 0 aromatic carbocycles. The van der Waals surface area contributed by atoms with Crippen molar-refractivity contribution in [3.63, 3.8) is 0 Å². The van der Waals surface area contributed by atoms with E-state index in [4.69, 9.17) is 5.11 Å². The number of aromatic amines is 2. The number of carbonyl (C=O) groups excluding carboxylic acids is 1. The number of amides is 1. The molecule has 0 unspecified atom stereocenters. The molecule has 1 rings (SSSR count).